The van der Waals surface area contributed by atoms with Gasteiger partial charge >= 0.3 is 0 Å². The van der Waals surface area contributed by atoms with E-state index in [2.05, 4.69) is 21.9 Å². The van der Waals surface area contributed by atoms with Crippen LogP contribution in [0.15, 0.2) is 46.9 Å². The second-order valence-electron chi connectivity index (χ2n) is 6.13. The maximum atomic E-state index is 12.8. The first-order valence-electron chi connectivity index (χ1n) is 8.83. The first-order valence-corrected chi connectivity index (χ1v) is 10.5. The lowest BCUT2D eigenvalue weighted by Crippen LogP contribution is -2.26. The Morgan fingerprint density at radius 2 is 2.23 bits per heavy atom. The third kappa shape index (κ3) is 4.66. The molecule has 1 aromatic carbocycles. The Balaban J connectivity index is 1.82. The molecule has 0 saturated carbocycles. The fourth-order valence-electron chi connectivity index (χ4n) is 2.62. The number of nitrogen functional groups attached to an aromatic ring is 1. The molecule has 0 spiro atoms. The molecule has 1 atom stereocenters. The van der Waals surface area contributed by atoms with Crippen molar-refractivity contribution in [2.75, 3.05) is 11.1 Å². The highest BCUT2D eigenvalue weighted by Gasteiger charge is 2.22. The average molecular weight is 447 g/mol. The third-order valence-corrected chi connectivity index (χ3v) is 6.34. The minimum Gasteiger partial charge on any atom is -0.385 e. The number of hydrogen-bond donors (Lipinski definition) is 2. The van der Waals surface area contributed by atoms with Crippen LogP contribution in [0.1, 0.15) is 13.3 Å². The number of nitro groups is 1. The van der Waals surface area contributed by atoms with Crippen LogP contribution >= 0.6 is 23.1 Å². The van der Waals surface area contributed by atoms with E-state index in [1.807, 2.05) is 6.92 Å². The number of fused-ring (bicyclic) bond motifs is 1. The molecule has 12 heteroatoms. The lowest BCUT2D eigenvalue weighted by molar-refractivity contribution is -0.384. The van der Waals surface area contributed by atoms with Gasteiger partial charge in [0.15, 0.2) is 10.3 Å². The zero-order chi connectivity index (χ0) is 21.8. The highest BCUT2D eigenvalue weighted by molar-refractivity contribution is 8.00. The summed E-state index contributed by atoms with van der Waals surface area (Å²) in [5.74, 6) is -0.0849. The van der Waals surface area contributed by atoms with Crippen molar-refractivity contribution in [2.45, 2.75) is 30.3 Å². The number of thioether (sulfide) groups is 1. The molecule has 3 aromatic rings. The van der Waals surface area contributed by atoms with Crippen LogP contribution in [0.25, 0.3) is 10.2 Å². The molecule has 30 heavy (non-hydrogen) atoms. The summed E-state index contributed by atoms with van der Waals surface area (Å²) in [6.45, 7) is 5.85. The summed E-state index contributed by atoms with van der Waals surface area (Å²) in [6, 6.07) is 5.53. The first kappa shape index (κ1) is 21.5. The molecule has 3 rings (SSSR count). The van der Waals surface area contributed by atoms with Gasteiger partial charge in [-0.05, 0) is 12.5 Å². The Morgan fingerprint density at radius 1 is 1.47 bits per heavy atom. The highest BCUT2D eigenvalue weighted by atomic mass is 32.2. The second kappa shape index (κ2) is 9.05. The number of rotatable bonds is 8. The molecule has 0 aliphatic carbocycles. The molecular weight excluding hydrogens is 428 g/mol. The molecule has 0 aliphatic rings. The molecule has 2 heterocycles. The number of aromatic nitrogens is 3. The summed E-state index contributed by atoms with van der Waals surface area (Å²) < 4.78 is 2.20. The fourth-order valence-corrected chi connectivity index (χ4v) is 4.56. The largest absolute Gasteiger partial charge is 0.385 e. The van der Waals surface area contributed by atoms with E-state index in [-0.39, 0.29) is 17.4 Å². The molecule has 156 valence electrons. The molecule has 0 fully saturated rings. The van der Waals surface area contributed by atoms with Gasteiger partial charge in [-0.15, -0.1) is 6.58 Å². The lowest BCUT2D eigenvalue weighted by Gasteiger charge is -2.17. The molecule has 0 bridgehead atoms. The minimum absolute atomic E-state index is 0.0426. The van der Waals surface area contributed by atoms with Gasteiger partial charge in [-0.25, -0.2) is 4.98 Å². The number of nitrogens with zero attached hydrogens (tertiary/aromatic N) is 4. The number of benzene rings is 1. The number of carbonyl (C=O) groups is 1. The number of nitro benzene ring substituents is 1. The molecule has 0 aliphatic heterocycles. The predicted molar refractivity (Wildman–Crippen MR) is 118 cm³/mol. The van der Waals surface area contributed by atoms with Crippen molar-refractivity contribution in [3.05, 3.63) is 57.4 Å². The first-order chi connectivity index (χ1) is 14.3. The summed E-state index contributed by atoms with van der Waals surface area (Å²) in [6.07, 6.45) is 2.08. The van der Waals surface area contributed by atoms with Crippen molar-refractivity contribution >= 4 is 55.9 Å². The molecule has 1 amide bonds. The van der Waals surface area contributed by atoms with Crippen molar-refractivity contribution in [3.63, 3.8) is 0 Å². The number of allylic oxidation sites excluding steroid dienone is 1. The van der Waals surface area contributed by atoms with E-state index in [4.69, 9.17) is 5.73 Å². The van der Waals surface area contributed by atoms with Gasteiger partial charge in [0, 0.05) is 24.7 Å². The summed E-state index contributed by atoms with van der Waals surface area (Å²) in [5, 5.41) is 13.8. The normalized spacial score (nSPS) is 11.9. The van der Waals surface area contributed by atoms with Crippen molar-refractivity contribution < 1.29 is 9.72 Å². The molecule has 3 N–H and O–H groups in total. The van der Waals surface area contributed by atoms with Gasteiger partial charge in [-0.3, -0.25) is 19.7 Å². The van der Waals surface area contributed by atoms with Crippen LogP contribution in [0, 0.1) is 10.1 Å². The van der Waals surface area contributed by atoms with Gasteiger partial charge in [0.25, 0.3) is 11.2 Å². The van der Waals surface area contributed by atoms with Crippen LogP contribution in [-0.2, 0) is 11.3 Å². The topological polar surface area (TPSA) is 146 Å². The fraction of sp³-hybridized carbons (Fsp3) is 0.222. The lowest BCUT2D eigenvalue weighted by atomic mass is 10.3. The van der Waals surface area contributed by atoms with E-state index >= 15 is 0 Å². The molecule has 0 radical (unpaired) electrons. The molecule has 0 unspecified atom stereocenters. The Kier molecular flexibility index (Phi) is 6.47. The van der Waals surface area contributed by atoms with Crippen LogP contribution in [-0.4, -0.2) is 30.6 Å². The van der Waals surface area contributed by atoms with Crippen LogP contribution in [0.3, 0.4) is 0 Å². The maximum absolute atomic E-state index is 12.8. The Morgan fingerprint density at radius 3 is 2.90 bits per heavy atom. The Bertz CT molecular complexity index is 1190. The smallest absolute Gasteiger partial charge is 0.275 e. The Labute approximate surface area is 179 Å². The van der Waals surface area contributed by atoms with E-state index in [1.165, 1.54) is 24.3 Å². The van der Waals surface area contributed by atoms with Crippen molar-refractivity contribution in [1.82, 2.24) is 14.5 Å². The number of thiazole rings is 1. The van der Waals surface area contributed by atoms with Crippen molar-refractivity contribution in [3.8, 4) is 0 Å². The third-order valence-electron chi connectivity index (χ3n) is 4.06. The van der Waals surface area contributed by atoms with Crippen LogP contribution in [0.5, 0.6) is 0 Å². The number of non-ortho nitro benzene ring substituents is 1. The molecule has 0 saturated heterocycles. The summed E-state index contributed by atoms with van der Waals surface area (Å²) >= 11 is 2.27. The summed E-state index contributed by atoms with van der Waals surface area (Å²) in [4.78, 5) is 43.3. The standard InChI is InChI=1S/C18H18N6O4S2/c1-3-7-23-14(19)9-15(25)21-18(23)30-12(4-2)16(26)22-17-20-11-6-5-10(24(27)28)8-13(11)29-17/h3,5-6,8-9,12H,1,4,7,19H2,2H3,(H,20,22,26)/t12-/m0/s1. The van der Waals surface area contributed by atoms with Gasteiger partial charge < -0.3 is 15.6 Å². The highest BCUT2D eigenvalue weighted by Crippen LogP contribution is 2.31. The van der Waals surface area contributed by atoms with E-state index in [0.717, 1.165) is 23.1 Å². The number of nitrogens with one attached hydrogen (secondary N) is 1. The second-order valence-corrected chi connectivity index (χ2v) is 8.33. The van der Waals surface area contributed by atoms with E-state index < -0.39 is 15.7 Å². The van der Waals surface area contributed by atoms with Crippen molar-refractivity contribution in [1.29, 1.82) is 0 Å². The summed E-state index contributed by atoms with van der Waals surface area (Å²) in [7, 11) is 0. The minimum atomic E-state index is -0.559. The van der Waals surface area contributed by atoms with Gasteiger partial charge in [0.1, 0.15) is 5.82 Å². The Hall–Kier alpha value is -3.25. The van der Waals surface area contributed by atoms with Crippen LogP contribution in [0.2, 0.25) is 0 Å². The van der Waals surface area contributed by atoms with Gasteiger partial charge in [-0.2, -0.15) is 4.98 Å². The van der Waals surface area contributed by atoms with E-state index in [0.29, 0.717) is 33.5 Å². The van der Waals surface area contributed by atoms with E-state index in [9.17, 15) is 19.7 Å². The van der Waals surface area contributed by atoms with Crippen LogP contribution < -0.4 is 16.6 Å². The quantitative estimate of drug-likeness (QED) is 0.176. The molecule has 10 nitrogen and oxygen atoms in total. The van der Waals surface area contributed by atoms with E-state index in [1.54, 1.807) is 10.6 Å². The van der Waals surface area contributed by atoms with Gasteiger partial charge in [0.2, 0.25) is 5.91 Å². The number of hydrogen-bond acceptors (Lipinski definition) is 9. The van der Waals surface area contributed by atoms with Gasteiger partial charge in [0.05, 0.1) is 20.4 Å². The zero-order valence-electron chi connectivity index (χ0n) is 15.9. The molecular formula is C18H18N6O4S2. The number of anilines is 2. The predicted octanol–water partition coefficient (Wildman–Crippen LogP) is 3.04. The van der Waals surface area contributed by atoms with Crippen molar-refractivity contribution in [2.24, 2.45) is 0 Å². The number of carbonyl (C=O) groups excluding carboxylic acids is 1. The SMILES string of the molecule is C=CCn1c(N)cc(=O)nc1S[C@@H](CC)C(=O)Nc1nc2ccc([N+](=O)[O-])cc2s1. The monoisotopic (exact) mass is 446 g/mol. The molecule has 2 aromatic heterocycles. The van der Waals surface area contributed by atoms with Gasteiger partial charge in [-0.1, -0.05) is 36.1 Å². The maximum Gasteiger partial charge on any atom is 0.275 e. The zero-order valence-corrected chi connectivity index (χ0v) is 17.5. The summed E-state index contributed by atoms with van der Waals surface area (Å²) in [5.41, 5.74) is 5.93. The number of amides is 1. The van der Waals surface area contributed by atoms with Crippen LogP contribution in [0.4, 0.5) is 16.6 Å². The average Bonchev–Trinajstić information content (AvgIpc) is 3.09. The number of nitrogens with two attached hydrogens (primary N) is 1.